The number of benzene rings is 2. The molecule has 3 heteroatoms. The molecule has 0 fully saturated rings. The van der Waals surface area contributed by atoms with Gasteiger partial charge in [-0.25, -0.2) is 0 Å². The smallest absolute Gasteiger partial charge is 0.157 e. The Morgan fingerprint density at radius 3 is 2.22 bits per heavy atom. The number of para-hydroxylation sites is 1. The average Bonchev–Trinajstić information content (AvgIpc) is 2.48. The summed E-state index contributed by atoms with van der Waals surface area (Å²) >= 11 is 0. The van der Waals surface area contributed by atoms with Crippen molar-refractivity contribution in [3.8, 4) is 11.5 Å². The zero-order valence-electron chi connectivity index (χ0n) is 13.5. The largest absolute Gasteiger partial charge is 0.457 e. The first-order valence-corrected chi connectivity index (χ1v) is 7.84. The van der Waals surface area contributed by atoms with E-state index < -0.39 is 0 Å². The van der Waals surface area contributed by atoms with Crippen LogP contribution in [-0.4, -0.2) is 5.78 Å². The maximum atomic E-state index is 11.8. The summed E-state index contributed by atoms with van der Waals surface area (Å²) in [5, 5.41) is 3.34. The first-order valence-electron chi connectivity index (χ1n) is 7.84. The van der Waals surface area contributed by atoms with Gasteiger partial charge in [-0.2, -0.15) is 0 Å². The molecule has 3 nitrogen and oxygen atoms in total. The van der Waals surface area contributed by atoms with Crippen molar-refractivity contribution >= 4 is 11.5 Å². The number of allylic oxidation sites excluding steroid dienone is 2. The van der Waals surface area contributed by atoms with Crippen LogP contribution in [0.1, 0.15) is 26.7 Å². The summed E-state index contributed by atoms with van der Waals surface area (Å²) in [4.78, 5) is 11.8. The highest BCUT2D eigenvalue weighted by Crippen LogP contribution is 2.34. The van der Waals surface area contributed by atoms with Crippen LogP contribution in [0.3, 0.4) is 0 Å². The summed E-state index contributed by atoms with van der Waals surface area (Å²) in [5.74, 6) is 1.79. The van der Waals surface area contributed by atoms with E-state index in [0.29, 0.717) is 6.42 Å². The highest BCUT2D eigenvalue weighted by molar-refractivity contribution is 5.92. The average molecular weight is 307 g/mol. The molecule has 0 saturated heterocycles. The number of hydrogen-bond acceptors (Lipinski definition) is 3. The number of nitrogens with one attached hydrogen (secondary N) is 1. The molecule has 3 rings (SSSR count). The molecule has 0 spiro atoms. The Kier molecular flexibility index (Phi) is 4.20. The van der Waals surface area contributed by atoms with E-state index in [2.05, 4.69) is 19.2 Å². The Hall–Kier alpha value is -2.55. The summed E-state index contributed by atoms with van der Waals surface area (Å²) < 4.78 is 5.78. The minimum Gasteiger partial charge on any atom is -0.457 e. The first kappa shape index (κ1) is 15.3. The quantitative estimate of drug-likeness (QED) is 0.847. The Labute approximate surface area is 137 Å². The molecular weight excluding hydrogens is 286 g/mol. The number of ketones is 1. The molecule has 1 aliphatic carbocycles. The van der Waals surface area contributed by atoms with E-state index in [9.17, 15) is 4.79 Å². The van der Waals surface area contributed by atoms with Crippen LogP contribution < -0.4 is 10.1 Å². The molecule has 0 radical (unpaired) electrons. The van der Waals surface area contributed by atoms with Crippen molar-refractivity contribution in [2.75, 3.05) is 5.32 Å². The Morgan fingerprint density at radius 2 is 1.57 bits per heavy atom. The summed E-state index contributed by atoms with van der Waals surface area (Å²) in [6.45, 7) is 4.24. The molecule has 2 aromatic rings. The van der Waals surface area contributed by atoms with Crippen LogP contribution in [0.4, 0.5) is 5.69 Å². The Bertz CT molecular complexity index is 715. The van der Waals surface area contributed by atoms with Crippen molar-refractivity contribution in [1.82, 2.24) is 0 Å². The summed E-state index contributed by atoms with van der Waals surface area (Å²) in [7, 11) is 0. The lowest BCUT2D eigenvalue weighted by atomic mass is 9.79. The fraction of sp³-hybridized carbons (Fsp3) is 0.250. The van der Waals surface area contributed by atoms with Gasteiger partial charge < -0.3 is 10.1 Å². The predicted molar refractivity (Wildman–Crippen MR) is 92.7 cm³/mol. The van der Waals surface area contributed by atoms with Gasteiger partial charge in [0.25, 0.3) is 0 Å². The molecular formula is C20H21NO2. The lowest BCUT2D eigenvalue weighted by Gasteiger charge is -2.29. The Morgan fingerprint density at radius 1 is 0.913 bits per heavy atom. The molecule has 0 aliphatic heterocycles. The lowest BCUT2D eigenvalue weighted by molar-refractivity contribution is -0.117. The van der Waals surface area contributed by atoms with Crippen LogP contribution in [0.25, 0.3) is 0 Å². The van der Waals surface area contributed by atoms with Gasteiger partial charge in [0.1, 0.15) is 11.5 Å². The van der Waals surface area contributed by atoms with Gasteiger partial charge in [0.2, 0.25) is 0 Å². The van der Waals surface area contributed by atoms with Crippen LogP contribution >= 0.6 is 0 Å². The molecule has 2 aromatic carbocycles. The van der Waals surface area contributed by atoms with Crippen LogP contribution in [0.15, 0.2) is 66.4 Å². The number of hydrogen-bond donors (Lipinski definition) is 1. The second-order valence-electron chi connectivity index (χ2n) is 6.72. The SMILES string of the molecule is CC1(C)CC(=O)C=C(Nc2ccc(Oc3ccccc3)cc2)C1. The molecule has 1 N–H and O–H groups in total. The van der Waals surface area contributed by atoms with Gasteiger partial charge in [0, 0.05) is 23.9 Å². The van der Waals surface area contributed by atoms with Crippen molar-refractivity contribution < 1.29 is 9.53 Å². The van der Waals surface area contributed by atoms with Crippen LogP contribution in [-0.2, 0) is 4.79 Å². The highest BCUT2D eigenvalue weighted by Gasteiger charge is 2.27. The van der Waals surface area contributed by atoms with E-state index >= 15 is 0 Å². The summed E-state index contributed by atoms with van der Waals surface area (Å²) in [6, 6.07) is 17.5. The van der Waals surface area contributed by atoms with Crippen molar-refractivity contribution in [3.63, 3.8) is 0 Å². The van der Waals surface area contributed by atoms with E-state index in [1.807, 2.05) is 54.6 Å². The monoisotopic (exact) mass is 307 g/mol. The number of carbonyl (C=O) groups excluding carboxylic acids is 1. The molecule has 0 aromatic heterocycles. The second kappa shape index (κ2) is 6.29. The number of carbonyl (C=O) groups is 1. The van der Waals surface area contributed by atoms with E-state index in [-0.39, 0.29) is 11.2 Å². The first-order chi connectivity index (χ1) is 11.0. The van der Waals surface area contributed by atoms with Gasteiger partial charge >= 0.3 is 0 Å². The maximum absolute atomic E-state index is 11.8. The fourth-order valence-corrected chi connectivity index (χ4v) is 2.84. The van der Waals surface area contributed by atoms with Crippen molar-refractivity contribution in [1.29, 1.82) is 0 Å². The number of ether oxygens (including phenoxy) is 1. The standard InChI is InChI=1S/C20H21NO2/c1-20(2)13-16(12-17(22)14-20)21-15-8-10-19(11-9-15)23-18-6-4-3-5-7-18/h3-12,21H,13-14H2,1-2H3. The van der Waals surface area contributed by atoms with Gasteiger partial charge in [-0.15, -0.1) is 0 Å². The third kappa shape index (κ3) is 4.22. The van der Waals surface area contributed by atoms with Crippen molar-refractivity contribution in [2.45, 2.75) is 26.7 Å². The van der Waals surface area contributed by atoms with Gasteiger partial charge in [-0.05, 0) is 48.2 Å². The van der Waals surface area contributed by atoms with Crippen molar-refractivity contribution in [3.05, 3.63) is 66.4 Å². The zero-order chi connectivity index (χ0) is 16.3. The summed E-state index contributed by atoms with van der Waals surface area (Å²) in [5.41, 5.74) is 1.95. The zero-order valence-corrected chi connectivity index (χ0v) is 13.5. The number of rotatable bonds is 4. The van der Waals surface area contributed by atoms with Crippen LogP contribution in [0.5, 0.6) is 11.5 Å². The van der Waals surface area contributed by atoms with Crippen LogP contribution in [0.2, 0.25) is 0 Å². The second-order valence-corrected chi connectivity index (χ2v) is 6.72. The van der Waals surface area contributed by atoms with E-state index in [1.54, 1.807) is 6.08 Å². The lowest BCUT2D eigenvalue weighted by Crippen LogP contribution is -2.24. The molecule has 0 bridgehead atoms. The van der Waals surface area contributed by atoms with Gasteiger partial charge in [-0.3, -0.25) is 4.79 Å². The molecule has 0 saturated carbocycles. The highest BCUT2D eigenvalue weighted by atomic mass is 16.5. The molecule has 0 unspecified atom stereocenters. The fourth-order valence-electron chi connectivity index (χ4n) is 2.84. The molecule has 23 heavy (non-hydrogen) atoms. The third-order valence-corrected chi connectivity index (χ3v) is 3.80. The van der Waals surface area contributed by atoms with Gasteiger partial charge in [0.05, 0.1) is 0 Å². The minimum atomic E-state index is 0.0184. The molecule has 0 amide bonds. The normalized spacial score (nSPS) is 16.6. The maximum Gasteiger partial charge on any atom is 0.157 e. The predicted octanol–water partition coefficient (Wildman–Crippen LogP) is 5.16. The molecule has 118 valence electrons. The Balaban J connectivity index is 1.67. The number of anilines is 1. The minimum absolute atomic E-state index is 0.0184. The van der Waals surface area contributed by atoms with Crippen molar-refractivity contribution in [2.24, 2.45) is 5.41 Å². The van der Waals surface area contributed by atoms with E-state index in [1.165, 1.54) is 0 Å². The topological polar surface area (TPSA) is 38.3 Å². The van der Waals surface area contributed by atoms with E-state index in [4.69, 9.17) is 4.74 Å². The van der Waals surface area contributed by atoms with E-state index in [0.717, 1.165) is 29.3 Å². The van der Waals surface area contributed by atoms with Gasteiger partial charge in [-0.1, -0.05) is 32.0 Å². The third-order valence-electron chi connectivity index (χ3n) is 3.80. The van der Waals surface area contributed by atoms with Gasteiger partial charge in [0.15, 0.2) is 5.78 Å². The molecule has 1 aliphatic rings. The molecule has 0 heterocycles. The summed E-state index contributed by atoms with van der Waals surface area (Å²) in [6.07, 6.45) is 3.21. The molecule has 0 atom stereocenters. The van der Waals surface area contributed by atoms with Crippen LogP contribution in [0, 0.1) is 5.41 Å².